The van der Waals surface area contributed by atoms with E-state index in [-0.39, 0.29) is 0 Å². The molecule has 0 N–H and O–H groups in total. The van der Waals surface area contributed by atoms with E-state index in [4.69, 9.17) is 0 Å². The maximum atomic E-state index is 4.45. The molecule has 0 saturated carbocycles. The normalized spacial score (nSPS) is 12.5. The first kappa shape index (κ1) is 8.47. The van der Waals surface area contributed by atoms with E-state index in [1.54, 1.807) is 11.3 Å². The molecule has 0 fully saturated rings. The van der Waals surface area contributed by atoms with E-state index in [0.717, 1.165) is 5.71 Å². The van der Waals surface area contributed by atoms with Gasteiger partial charge in [0.1, 0.15) is 0 Å². The molecule has 1 heterocycles. The van der Waals surface area contributed by atoms with Crippen LogP contribution < -0.4 is 0 Å². The molecule has 60 valence electrons. The maximum absolute atomic E-state index is 4.45. The van der Waals surface area contributed by atoms with Crippen molar-refractivity contribution >= 4 is 17.0 Å². The maximum Gasteiger partial charge on any atom is 0.0492 e. The van der Waals surface area contributed by atoms with Gasteiger partial charge in [-0.1, -0.05) is 6.07 Å². The lowest BCUT2D eigenvalue weighted by molar-refractivity contribution is 0.836. The van der Waals surface area contributed by atoms with Gasteiger partial charge in [-0.05, 0) is 32.2 Å². The van der Waals surface area contributed by atoms with Gasteiger partial charge >= 0.3 is 0 Å². The minimum Gasteiger partial charge on any atom is -0.286 e. The minimum absolute atomic E-state index is 0.400. The summed E-state index contributed by atoms with van der Waals surface area (Å²) in [4.78, 5) is 5.72. The van der Waals surface area contributed by atoms with Crippen LogP contribution in [0, 0.1) is 0 Å². The molecule has 0 amide bonds. The molecule has 1 nitrogen and oxygen atoms in total. The van der Waals surface area contributed by atoms with E-state index in [0.29, 0.717) is 6.04 Å². The van der Waals surface area contributed by atoms with Crippen LogP contribution in [-0.2, 0) is 0 Å². The highest BCUT2D eigenvalue weighted by molar-refractivity contribution is 7.12. The zero-order chi connectivity index (χ0) is 8.27. The summed E-state index contributed by atoms with van der Waals surface area (Å²) in [6.07, 6.45) is 0. The lowest BCUT2D eigenvalue weighted by atomic mass is 10.3. The van der Waals surface area contributed by atoms with Gasteiger partial charge in [-0.25, -0.2) is 0 Å². The highest BCUT2D eigenvalue weighted by Crippen LogP contribution is 2.10. The van der Waals surface area contributed by atoms with E-state index >= 15 is 0 Å². The van der Waals surface area contributed by atoms with Crippen molar-refractivity contribution in [2.75, 3.05) is 0 Å². The fraction of sp³-hybridized carbons (Fsp3) is 0.444. The zero-order valence-electron chi connectivity index (χ0n) is 7.16. The number of aliphatic imine (C=N–C) groups is 1. The Hall–Kier alpha value is -0.630. The van der Waals surface area contributed by atoms with Crippen LogP contribution in [0.5, 0.6) is 0 Å². The van der Waals surface area contributed by atoms with Crippen molar-refractivity contribution in [3.05, 3.63) is 22.4 Å². The lowest BCUT2D eigenvalue weighted by Gasteiger charge is -1.99. The van der Waals surface area contributed by atoms with Crippen LogP contribution in [0.1, 0.15) is 25.6 Å². The van der Waals surface area contributed by atoms with Crippen molar-refractivity contribution in [2.24, 2.45) is 4.99 Å². The summed E-state index contributed by atoms with van der Waals surface area (Å²) in [6.45, 7) is 6.25. The van der Waals surface area contributed by atoms with Crippen molar-refractivity contribution in [3.63, 3.8) is 0 Å². The van der Waals surface area contributed by atoms with Crippen molar-refractivity contribution in [1.29, 1.82) is 0 Å². The van der Waals surface area contributed by atoms with Crippen LogP contribution in [0.3, 0.4) is 0 Å². The average molecular weight is 167 g/mol. The van der Waals surface area contributed by atoms with Gasteiger partial charge < -0.3 is 0 Å². The summed E-state index contributed by atoms with van der Waals surface area (Å²) in [7, 11) is 0. The van der Waals surface area contributed by atoms with Gasteiger partial charge in [-0.2, -0.15) is 0 Å². The van der Waals surface area contributed by atoms with Crippen LogP contribution in [0.2, 0.25) is 0 Å². The molecule has 0 atom stereocenters. The predicted molar refractivity (Wildman–Crippen MR) is 51.7 cm³/mol. The lowest BCUT2D eigenvalue weighted by Crippen LogP contribution is -1.97. The molecule has 1 rings (SSSR count). The summed E-state index contributed by atoms with van der Waals surface area (Å²) in [5.41, 5.74) is 1.15. The fourth-order valence-electron chi connectivity index (χ4n) is 0.935. The predicted octanol–water partition coefficient (Wildman–Crippen LogP) is 2.97. The van der Waals surface area contributed by atoms with Gasteiger partial charge in [0.05, 0.1) is 0 Å². The standard InChI is InChI=1S/C9H13NS/c1-7(2)10-8(3)9-5-4-6-11-9/h4-7H,1-3H3. The monoisotopic (exact) mass is 167 g/mol. The smallest absolute Gasteiger partial charge is 0.0492 e. The Morgan fingerprint density at radius 2 is 2.27 bits per heavy atom. The third kappa shape index (κ3) is 2.46. The number of rotatable bonds is 2. The Balaban J connectivity index is 2.77. The van der Waals surface area contributed by atoms with Gasteiger partial charge in [0.15, 0.2) is 0 Å². The first-order valence-electron chi connectivity index (χ1n) is 3.78. The molecule has 11 heavy (non-hydrogen) atoms. The van der Waals surface area contributed by atoms with Crippen LogP contribution >= 0.6 is 11.3 Å². The summed E-state index contributed by atoms with van der Waals surface area (Å²) in [5, 5.41) is 2.08. The summed E-state index contributed by atoms with van der Waals surface area (Å²) >= 11 is 1.74. The van der Waals surface area contributed by atoms with Crippen LogP contribution in [0.4, 0.5) is 0 Å². The largest absolute Gasteiger partial charge is 0.286 e. The van der Waals surface area contributed by atoms with Crippen molar-refractivity contribution < 1.29 is 0 Å². The third-order valence-corrected chi connectivity index (χ3v) is 2.31. The number of nitrogens with zero attached hydrogens (tertiary/aromatic N) is 1. The quantitative estimate of drug-likeness (QED) is 0.600. The Labute approximate surface area is 71.8 Å². The SMILES string of the molecule is CC(=NC(C)C)c1cccs1. The molecule has 2 heteroatoms. The molecule has 0 saturated heterocycles. The van der Waals surface area contributed by atoms with Crippen LogP contribution in [-0.4, -0.2) is 11.8 Å². The second-order valence-electron chi connectivity index (χ2n) is 2.79. The van der Waals surface area contributed by atoms with Gasteiger partial charge in [0, 0.05) is 16.6 Å². The summed E-state index contributed by atoms with van der Waals surface area (Å²) < 4.78 is 0. The van der Waals surface area contributed by atoms with Crippen molar-refractivity contribution in [3.8, 4) is 0 Å². The first-order chi connectivity index (χ1) is 5.20. The van der Waals surface area contributed by atoms with Gasteiger partial charge in [-0.15, -0.1) is 11.3 Å². The highest BCUT2D eigenvalue weighted by atomic mass is 32.1. The Morgan fingerprint density at radius 1 is 1.55 bits per heavy atom. The van der Waals surface area contributed by atoms with E-state index in [1.807, 2.05) is 0 Å². The minimum atomic E-state index is 0.400. The molecular weight excluding hydrogens is 154 g/mol. The van der Waals surface area contributed by atoms with E-state index in [9.17, 15) is 0 Å². The number of hydrogen-bond acceptors (Lipinski definition) is 2. The molecule has 0 bridgehead atoms. The zero-order valence-corrected chi connectivity index (χ0v) is 7.98. The molecule has 0 aromatic carbocycles. The van der Waals surface area contributed by atoms with E-state index < -0.39 is 0 Å². The second kappa shape index (κ2) is 3.67. The second-order valence-corrected chi connectivity index (χ2v) is 3.73. The molecular formula is C9H13NS. The van der Waals surface area contributed by atoms with Crippen molar-refractivity contribution in [2.45, 2.75) is 26.8 Å². The fourth-order valence-corrected chi connectivity index (χ4v) is 1.62. The third-order valence-electron chi connectivity index (χ3n) is 1.33. The molecule has 0 unspecified atom stereocenters. The molecule has 0 aliphatic carbocycles. The topological polar surface area (TPSA) is 12.4 Å². The molecule has 1 aromatic rings. The van der Waals surface area contributed by atoms with E-state index in [2.05, 4.69) is 43.3 Å². The van der Waals surface area contributed by atoms with Gasteiger partial charge in [0.25, 0.3) is 0 Å². The molecule has 0 aliphatic heterocycles. The molecule has 0 radical (unpaired) electrons. The highest BCUT2D eigenvalue weighted by Gasteiger charge is 1.97. The number of thiophene rings is 1. The first-order valence-corrected chi connectivity index (χ1v) is 4.66. The van der Waals surface area contributed by atoms with Gasteiger partial charge in [0.2, 0.25) is 0 Å². The Bertz CT molecular complexity index is 234. The van der Waals surface area contributed by atoms with Crippen LogP contribution in [0.25, 0.3) is 0 Å². The number of hydrogen-bond donors (Lipinski definition) is 0. The van der Waals surface area contributed by atoms with Crippen molar-refractivity contribution in [1.82, 2.24) is 0 Å². The molecule has 0 aliphatic rings. The molecule has 0 spiro atoms. The van der Waals surface area contributed by atoms with E-state index in [1.165, 1.54) is 4.88 Å². The molecule has 1 aromatic heterocycles. The van der Waals surface area contributed by atoms with Crippen LogP contribution in [0.15, 0.2) is 22.5 Å². The summed E-state index contributed by atoms with van der Waals surface area (Å²) in [6, 6.07) is 4.56. The Morgan fingerprint density at radius 3 is 2.73 bits per heavy atom. The Kier molecular flexibility index (Phi) is 2.83. The average Bonchev–Trinajstić information content (AvgIpc) is 2.35. The van der Waals surface area contributed by atoms with Gasteiger partial charge in [-0.3, -0.25) is 4.99 Å². The summed E-state index contributed by atoms with van der Waals surface area (Å²) in [5.74, 6) is 0.